The number of hydrogen-bond acceptors (Lipinski definition) is 6. The molecule has 3 aromatic rings. The lowest BCUT2D eigenvalue weighted by Crippen LogP contribution is -2.42. The zero-order chi connectivity index (χ0) is 25.7. The second-order valence-electron chi connectivity index (χ2n) is 8.52. The van der Waals surface area contributed by atoms with Crippen LogP contribution in [0.25, 0.3) is 0 Å². The summed E-state index contributed by atoms with van der Waals surface area (Å²) in [5.41, 5.74) is 3.76. The third-order valence-corrected chi connectivity index (χ3v) is 6.64. The Balaban J connectivity index is 1.73. The standard InChI is InChI=1S/C29H33NO6/c1-6-19-10-12-21(13-11-19)36-18-24-23-17-27(34-4)26(33-3)16-20(23)14-15-30(24)29(31)22-8-7-9-25(32-2)28(22)35-5/h7-13,16-17,24H,6,14-15,18H2,1-5H3. The average Bonchev–Trinajstić information content (AvgIpc) is 2.94. The van der Waals surface area contributed by atoms with Crippen molar-refractivity contribution >= 4 is 5.91 Å². The van der Waals surface area contributed by atoms with E-state index in [0.29, 0.717) is 41.5 Å². The molecule has 1 amide bonds. The largest absolute Gasteiger partial charge is 0.493 e. The zero-order valence-electron chi connectivity index (χ0n) is 21.5. The van der Waals surface area contributed by atoms with Crippen LogP contribution in [0.5, 0.6) is 28.7 Å². The number of benzene rings is 3. The van der Waals surface area contributed by atoms with E-state index in [1.54, 1.807) is 39.5 Å². The number of amides is 1. The number of carbonyl (C=O) groups is 1. The van der Waals surface area contributed by atoms with E-state index in [0.717, 1.165) is 23.3 Å². The third-order valence-electron chi connectivity index (χ3n) is 6.64. The number of carbonyl (C=O) groups excluding carboxylic acids is 1. The highest BCUT2D eigenvalue weighted by atomic mass is 16.5. The maximum atomic E-state index is 13.9. The summed E-state index contributed by atoms with van der Waals surface area (Å²) in [6.07, 6.45) is 1.64. The molecule has 1 unspecified atom stereocenters. The molecule has 0 spiro atoms. The van der Waals surface area contributed by atoms with E-state index in [1.165, 1.54) is 12.7 Å². The highest BCUT2D eigenvalue weighted by Crippen LogP contribution is 2.40. The second-order valence-corrected chi connectivity index (χ2v) is 8.52. The first-order valence-corrected chi connectivity index (χ1v) is 12.0. The van der Waals surface area contributed by atoms with Gasteiger partial charge in [0.25, 0.3) is 5.91 Å². The Bertz CT molecular complexity index is 1210. The minimum atomic E-state index is -0.345. The van der Waals surface area contributed by atoms with E-state index in [9.17, 15) is 4.79 Å². The number of hydrogen-bond donors (Lipinski definition) is 0. The van der Waals surface area contributed by atoms with E-state index in [1.807, 2.05) is 29.2 Å². The molecule has 7 heteroatoms. The molecule has 1 atom stereocenters. The van der Waals surface area contributed by atoms with Crippen LogP contribution in [0, 0.1) is 0 Å². The van der Waals surface area contributed by atoms with E-state index in [-0.39, 0.29) is 18.6 Å². The van der Waals surface area contributed by atoms with Crippen LogP contribution in [0.3, 0.4) is 0 Å². The predicted molar refractivity (Wildman–Crippen MR) is 138 cm³/mol. The van der Waals surface area contributed by atoms with E-state index in [4.69, 9.17) is 23.7 Å². The van der Waals surface area contributed by atoms with E-state index >= 15 is 0 Å². The Labute approximate surface area is 212 Å². The first-order valence-electron chi connectivity index (χ1n) is 12.0. The Kier molecular flexibility index (Phi) is 7.88. The van der Waals surface area contributed by atoms with Crippen molar-refractivity contribution in [2.24, 2.45) is 0 Å². The lowest BCUT2D eigenvalue weighted by Gasteiger charge is -2.38. The number of fused-ring (bicyclic) bond motifs is 1. The van der Waals surface area contributed by atoms with E-state index < -0.39 is 0 Å². The van der Waals surface area contributed by atoms with Crippen molar-refractivity contribution in [1.29, 1.82) is 0 Å². The first-order chi connectivity index (χ1) is 17.5. The van der Waals surface area contributed by atoms with Crippen molar-refractivity contribution < 1.29 is 28.5 Å². The van der Waals surface area contributed by atoms with Crippen LogP contribution in [-0.4, -0.2) is 52.4 Å². The van der Waals surface area contributed by atoms with E-state index in [2.05, 4.69) is 19.1 Å². The van der Waals surface area contributed by atoms with Crippen LogP contribution < -0.4 is 23.7 Å². The summed E-state index contributed by atoms with van der Waals surface area (Å²) in [6, 6.07) is 17.0. The van der Waals surface area contributed by atoms with Gasteiger partial charge in [0.1, 0.15) is 12.4 Å². The van der Waals surface area contributed by atoms with Crippen molar-refractivity contribution in [2.45, 2.75) is 25.8 Å². The maximum Gasteiger partial charge on any atom is 0.258 e. The van der Waals surface area contributed by atoms with Crippen molar-refractivity contribution in [3.8, 4) is 28.7 Å². The lowest BCUT2D eigenvalue weighted by molar-refractivity contribution is 0.0585. The van der Waals surface area contributed by atoms with Gasteiger partial charge in [-0.1, -0.05) is 25.1 Å². The Morgan fingerprint density at radius 1 is 0.889 bits per heavy atom. The number of rotatable bonds is 9. The predicted octanol–water partition coefficient (Wildman–Crippen LogP) is 5.10. The summed E-state index contributed by atoms with van der Waals surface area (Å²) in [4.78, 5) is 15.8. The van der Waals surface area contributed by atoms with Gasteiger partial charge in [0.2, 0.25) is 0 Å². The van der Waals surface area contributed by atoms with Crippen LogP contribution in [0.15, 0.2) is 54.6 Å². The molecule has 0 N–H and O–H groups in total. The molecule has 0 fully saturated rings. The maximum absolute atomic E-state index is 13.9. The van der Waals surface area contributed by atoms with Crippen molar-refractivity contribution in [2.75, 3.05) is 41.6 Å². The van der Waals surface area contributed by atoms with Crippen LogP contribution >= 0.6 is 0 Å². The number of ether oxygens (including phenoxy) is 5. The molecule has 1 heterocycles. The van der Waals surface area contributed by atoms with Crippen molar-refractivity contribution in [3.05, 3.63) is 76.9 Å². The molecule has 190 valence electrons. The number of para-hydroxylation sites is 1. The van der Waals surface area contributed by atoms with Crippen LogP contribution in [0.1, 0.15) is 40.0 Å². The molecule has 0 radical (unpaired) electrons. The van der Waals surface area contributed by atoms with Gasteiger partial charge in [-0.3, -0.25) is 4.79 Å². The molecule has 3 aromatic carbocycles. The Hall–Kier alpha value is -3.87. The van der Waals surface area contributed by atoms with Gasteiger partial charge < -0.3 is 28.6 Å². The summed E-state index contributed by atoms with van der Waals surface area (Å²) in [5, 5.41) is 0. The summed E-state index contributed by atoms with van der Waals surface area (Å²) in [5.74, 6) is 2.81. The van der Waals surface area contributed by atoms with Gasteiger partial charge in [0.15, 0.2) is 23.0 Å². The van der Waals surface area contributed by atoms with Gasteiger partial charge in [-0.15, -0.1) is 0 Å². The third kappa shape index (κ3) is 4.91. The van der Waals surface area contributed by atoms with Crippen molar-refractivity contribution in [3.63, 3.8) is 0 Å². The molecule has 1 aliphatic heterocycles. The molecule has 4 rings (SSSR count). The minimum absolute atomic E-state index is 0.152. The molecule has 0 aromatic heterocycles. The molecule has 1 aliphatic rings. The molecule has 36 heavy (non-hydrogen) atoms. The van der Waals surface area contributed by atoms with Gasteiger partial charge >= 0.3 is 0 Å². The molecule has 0 saturated heterocycles. The molecule has 0 saturated carbocycles. The van der Waals surface area contributed by atoms with Gasteiger partial charge in [-0.05, 0) is 65.9 Å². The van der Waals surface area contributed by atoms with Crippen LogP contribution in [0.2, 0.25) is 0 Å². The fourth-order valence-corrected chi connectivity index (χ4v) is 4.66. The van der Waals surface area contributed by atoms with Gasteiger partial charge in [0, 0.05) is 6.54 Å². The Morgan fingerprint density at radius 2 is 1.58 bits per heavy atom. The molecule has 0 aliphatic carbocycles. The second kappa shape index (κ2) is 11.2. The average molecular weight is 492 g/mol. The Morgan fingerprint density at radius 3 is 2.22 bits per heavy atom. The molecular formula is C29H33NO6. The topological polar surface area (TPSA) is 66.5 Å². The highest BCUT2D eigenvalue weighted by Gasteiger charge is 2.35. The SMILES string of the molecule is CCc1ccc(OCC2c3cc(OC)c(OC)cc3CCN2C(=O)c2cccc(OC)c2OC)cc1. The monoisotopic (exact) mass is 491 g/mol. The smallest absolute Gasteiger partial charge is 0.258 e. The first kappa shape index (κ1) is 25.2. The van der Waals surface area contributed by atoms with Crippen LogP contribution in [-0.2, 0) is 12.8 Å². The summed E-state index contributed by atoms with van der Waals surface area (Å²) >= 11 is 0. The number of nitrogens with zero attached hydrogens (tertiary/aromatic N) is 1. The normalized spacial score (nSPS) is 14.6. The quantitative estimate of drug-likeness (QED) is 0.415. The fourth-order valence-electron chi connectivity index (χ4n) is 4.66. The number of methoxy groups -OCH3 is 4. The van der Waals surface area contributed by atoms with Gasteiger partial charge in [0.05, 0.1) is 40.0 Å². The zero-order valence-corrected chi connectivity index (χ0v) is 21.5. The number of aryl methyl sites for hydroxylation is 1. The summed E-state index contributed by atoms with van der Waals surface area (Å²) in [7, 11) is 6.33. The molecule has 7 nitrogen and oxygen atoms in total. The highest BCUT2D eigenvalue weighted by molar-refractivity contribution is 5.98. The molecular weight excluding hydrogens is 458 g/mol. The lowest BCUT2D eigenvalue weighted by atomic mass is 9.91. The van der Waals surface area contributed by atoms with Crippen molar-refractivity contribution in [1.82, 2.24) is 4.90 Å². The summed E-state index contributed by atoms with van der Waals surface area (Å²) < 4.78 is 28.3. The summed E-state index contributed by atoms with van der Waals surface area (Å²) in [6.45, 7) is 2.92. The fraction of sp³-hybridized carbons (Fsp3) is 0.345. The van der Waals surface area contributed by atoms with Crippen LogP contribution in [0.4, 0.5) is 0 Å². The minimum Gasteiger partial charge on any atom is -0.493 e. The molecule has 0 bridgehead atoms. The van der Waals surface area contributed by atoms with Gasteiger partial charge in [-0.25, -0.2) is 0 Å². The van der Waals surface area contributed by atoms with Gasteiger partial charge in [-0.2, -0.15) is 0 Å².